The summed E-state index contributed by atoms with van der Waals surface area (Å²) in [6.07, 6.45) is 0.597. The highest BCUT2D eigenvalue weighted by Crippen LogP contribution is 2.18. The Hall–Kier alpha value is -2.12. The summed E-state index contributed by atoms with van der Waals surface area (Å²) in [5, 5.41) is 14.3. The SMILES string of the molecule is CC[C@H](C)[C@H](NC(=O)C(C)(C)COC(=O)[C@H](C)NC(=O)C(C)C)C(=O)O. The minimum Gasteiger partial charge on any atom is -0.480 e. The van der Waals surface area contributed by atoms with E-state index in [1.807, 2.05) is 6.92 Å². The molecular weight excluding hydrogens is 340 g/mol. The smallest absolute Gasteiger partial charge is 0.328 e. The molecule has 0 unspecified atom stereocenters. The molecule has 0 spiro atoms. The number of rotatable bonds is 10. The van der Waals surface area contributed by atoms with Gasteiger partial charge in [0.2, 0.25) is 11.8 Å². The molecule has 0 fully saturated rings. The number of aliphatic carboxylic acids is 1. The third kappa shape index (κ3) is 7.41. The van der Waals surface area contributed by atoms with Gasteiger partial charge in [-0.05, 0) is 26.7 Å². The molecule has 0 aliphatic heterocycles. The van der Waals surface area contributed by atoms with Gasteiger partial charge in [-0.15, -0.1) is 0 Å². The number of ether oxygens (including phenoxy) is 1. The van der Waals surface area contributed by atoms with Crippen LogP contribution in [0, 0.1) is 17.3 Å². The molecular formula is C18H32N2O6. The lowest BCUT2D eigenvalue weighted by Crippen LogP contribution is -2.51. The average molecular weight is 372 g/mol. The van der Waals surface area contributed by atoms with Crippen molar-refractivity contribution < 1.29 is 29.0 Å². The number of hydrogen-bond acceptors (Lipinski definition) is 5. The largest absolute Gasteiger partial charge is 0.480 e. The van der Waals surface area contributed by atoms with Crippen LogP contribution in [-0.4, -0.2) is 47.6 Å². The van der Waals surface area contributed by atoms with Crippen molar-refractivity contribution in [2.75, 3.05) is 6.61 Å². The van der Waals surface area contributed by atoms with Gasteiger partial charge in [0.25, 0.3) is 0 Å². The molecule has 0 bridgehead atoms. The first kappa shape index (κ1) is 23.9. The summed E-state index contributed by atoms with van der Waals surface area (Å²) in [5.74, 6) is -3.05. The molecule has 0 aromatic heterocycles. The van der Waals surface area contributed by atoms with Crippen molar-refractivity contribution in [1.82, 2.24) is 10.6 Å². The van der Waals surface area contributed by atoms with Gasteiger partial charge in [-0.25, -0.2) is 9.59 Å². The number of esters is 1. The minimum atomic E-state index is -1.11. The molecule has 0 radical (unpaired) electrons. The summed E-state index contributed by atoms with van der Waals surface area (Å²) in [6.45, 7) is 11.4. The molecule has 150 valence electrons. The van der Waals surface area contributed by atoms with Crippen molar-refractivity contribution in [1.29, 1.82) is 0 Å². The van der Waals surface area contributed by atoms with E-state index in [0.717, 1.165) is 0 Å². The lowest BCUT2D eigenvalue weighted by molar-refractivity contribution is -0.154. The molecule has 3 N–H and O–H groups in total. The second-order valence-corrected chi connectivity index (χ2v) is 7.55. The van der Waals surface area contributed by atoms with Crippen LogP contribution < -0.4 is 10.6 Å². The molecule has 0 rings (SSSR count). The molecule has 0 saturated heterocycles. The number of carbonyl (C=O) groups is 4. The highest BCUT2D eigenvalue weighted by Gasteiger charge is 2.35. The van der Waals surface area contributed by atoms with Crippen molar-refractivity contribution in [3.63, 3.8) is 0 Å². The predicted octanol–water partition coefficient (Wildman–Crippen LogP) is 1.33. The van der Waals surface area contributed by atoms with Crippen LogP contribution in [0.3, 0.4) is 0 Å². The van der Waals surface area contributed by atoms with Gasteiger partial charge in [-0.1, -0.05) is 34.1 Å². The Labute approximate surface area is 155 Å². The van der Waals surface area contributed by atoms with Crippen LogP contribution in [-0.2, 0) is 23.9 Å². The Balaban J connectivity index is 4.76. The molecule has 0 aliphatic rings. The van der Waals surface area contributed by atoms with Gasteiger partial charge in [0.1, 0.15) is 18.7 Å². The minimum absolute atomic E-state index is 0.230. The summed E-state index contributed by atoms with van der Waals surface area (Å²) in [4.78, 5) is 47.3. The van der Waals surface area contributed by atoms with Crippen molar-refractivity contribution in [2.45, 2.75) is 67.0 Å². The van der Waals surface area contributed by atoms with Gasteiger partial charge in [-0.3, -0.25) is 9.59 Å². The van der Waals surface area contributed by atoms with E-state index in [-0.39, 0.29) is 24.3 Å². The summed E-state index contributed by atoms with van der Waals surface area (Å²) in [5.41, 5.74) is -1.11. The Morgan fingerprint density at radius 1 is 1.04 bits per heavy atom. The molecule has 0 heterocycles. The van der Waals surface area contributed by atoms with Gasteiger partial charge >= 0.3 is 11.9 Å². The van der Waals surface area contributed by atoms with E-state index in [1.54, 1.807) is 34.6 Å². The van der Waals surface area contributed by atoms with Crippen molar-refractivity contribution in [3.05, 3.63) is 0 Å². The van der Waals surface area contributed by atoms with Gasteiger partial charge in [0, 0.05) is 5.92 Å². The maximum absolute atomic E-state index is 12.4. The Bertz CT molecular complexity index is 530. The normalized spacial score (nSPS) is 14.9. The lowest BCUT2D eigenvalue weighted by Gasteiger charge is -2.28. The fourth-order valence-electron chi connectivity index (χ4n) is 1.90. The molecule has 0 aromatic rings. The van der Waals surface area contributed by atoms with Crippen LogP contribution in [0.15, 0.2) is 0 Å². The second kappa shape index (κ2) is 10.1. The molecule has 8 heteroatoms. The first-order chi connectivity index (χ1) is 11.8. The highest BCUT2D eigenvalue weighted by atomic mass is 16.5. The lowest BCUT2D eigenvalue weighted by atomic mass is 9.91. The van der Waals surface area contributed by atoms with Gasteiger partial charge < -0.3 is 20.5 Å². The quantitative estimate of drug-likeness (QED) is 0.497. The molecule has 2 amide bonds. The molecule has 8 nitrogen and oxygen atoms in total. The zero-order valence-corrected chi connectivity index (χ0v) is 16.7. The summed E-state index contributed by atoms with van der Waals surface area (Å²) in [7, 11) is 0. The predicted molar refractivity (Wildman–Crippen MR) is 96.2 cm³/mol. The fourth-order valence-corrected chi connectivity index (χ4v) is 1.90. The molecule has 0 aromatic carbocycles. The van der Waals surface area contributed by atoms with Gasteiger partial charge in [0.05, 0.1) is 5.41 Å². The molecule has 0 aliphatic carbocycles. The van der Waals surface area contributed by atoms with E-state index >= 15 is 0 Å². The number of carbonyl (C=O) groups excluding carboxylic acids is 3. The summed E-state index contributed by atoms with van der Waals surface area (Å²) >= 11 is 0. The second-order valence-electron chi connectivity index (χ2n) is 7.55. The van der Waals surface area contributed by atoms with E-state index < -0.39 is 35.3 Å². The standard InChI is InChI=1S/C18H32N2O6/c1-8-11(4)13(15(22)23)20-17(25)18(6,7)9-26-16(24)12(5)19-14(21)10(2)3/h10-13H,8-9H2,1-7H3,(H,19,21)(H,20,25)(H,22,23)/t11-,12-,13-/m0/s1. The number of nitrogens with one attached hydrogen (secondary N) is 2. The van der Waals surface area contributed by atoms with Crippen molar-refractivity contribution >= 4 is 23.8 Å². The van der Waals surface area contributed by atoms with E-state index in [4.69, 9.17) is 4.74 Å². The first-order valence-electron chi connectivity index (χ1n) is 8.84. The van der Waals surface area contributed by atoms with Crippen molar-refractivity contribution in [2.24, 2.45) is 17.3 Å². The zero-order chi connectivity index (χ0) is 20.7. The Morgan fingerprint density at radius 2 is 1.58 bits per heavy atom. The number of hydrogen-bond donors (Lipinski definition) is 3. The Morgan fingerprint density at radius 3 is 2.00 bits per heavy atom. The van der Waals surface area contributed by atoms with E-state index in [9.17, 15) is 24.3 Å². The summed E-state index contributed by atoms with van der Waals surface area (Å²) < 4.78 is 5.14. The zero-order valence-electron chi connectivity index (χ0n) is 16.7. The van der Waals surface area contributed by atoms with Crippen LogP contribution in [0.25, 0.3) is 0 Å². The van der Waals surface area contributed by atoms with Crippen molar-refractivity contribution in [3.8, 4) is 0 Å². The van der Waals surface area contributed by atoms with Gasteiger partial charge in [-0.2, -0.15) is 0 Å². The van der Waals surface area contributed by atoms with Crippen LogP contribution >= 0.6 is 0 Å². The maximum Gasteiger partial charge on any atom is 0.328 e. The average Bonchev–Trinajstić information content (AvgIpc) is 2.55. The highest BCUT2D eigenvalue weighted by molar-refractivity contribution is 5.88. The number of carboxylic acids is 1. The van der Waals surface area contributed by atoms with Gasteiger partial charge in [0.15, 0.2) is 0 Å². The van der Waals surface area contributed by atoms with Crippen LogP contribution in [0.4, 0.5) is 0 Å². The Kier molecular flexibility index (Phi) is 9.31. The van der Waals surface area contributed by atoms with E-state index in [0.29, 0.717) is 6.42 Å². The van der Waals surface area contributed by atoms with Crippen LogP contribution in [0.1, 0.15) is 54.9 Å². The fraction of sp³-hybridized carbons (Fsp3) is 0.778. The molecule has 3 atom stereocenters. The number of amides is 2. The molecule has 0 saturated carbocycles. The van der Waals surface area contributed by atoms with Crippen LogP contribution in [0.2, 0.25) is 0 Å². The maximum atomic E-state index is 12.4. The summed E-state index contributed by atoms with van der Waals surface area (Å²) in [6, 6.07) is -1.85. The first-order valence-corrected chi connectivity index (χ1v) is 8.84. The molecule has 26 heavy (non-hydrogen) atoms. The monoisotopic (exact) mass is 372 g/mol. The van der Waals surface area contributed by atoms with E-state index in [2.05, 4.69) is 10.6 Å². The third-order valence-corrected chi connectivity index (χ3v) is 4.19. The topological polar surface area (TPSA) is 122 Å². The third-order valence-electron chi connectivity index (χ3n) is 4.19. The number of carboxylic acid groups (broad SMARTS) is 1. The van der Waals surface area contributed by atoms with Crippen LogP contribution in [0.5, 0.6) is 0 Å². The van der Waals surface area contributed by atoms with E-state index in [1.165, 1.54) is 6.92 Å².